The molecule has 2 aromatic carbocycles. The minimum atomic E-state index is -0.663. The number of nitrogens with zero attached hydrogens (tertiary/aromatic N) is 3. The van der Waals surface area contributed by atoms with Gasteiger partial charge in [0.05, 0.1) is 0 Å². The average molecular weight is 270 g/mol. The standard InChI is InChI=1S/C14H14N4O2/c19-18(20)16-14-15-8-9-17(14)10-12-6-3-5-11-4-1-2-7-13(11)12/h1-7H,8-10H2,(H,15,16). The maximum absolute atomic E-state index is 10.5. The molecule has 1 aliphatic rings. The molecule has 1 aliphatic heterocycles. The van der Waals surface area contributed by atoms with Gasteiger partial charge in [0, 0.05) is 19.6 Å². The molecule has 2 aromatic rings. The van der Waals surface area contributed by atoms with Crippen LogP contribution in [0.5, 0.6) is 0 Å². The fourth-order valence-electron chi connectivity index (χ4n) is 2.49. The number of hydrogen-bond acceptors (Lipinski definition) is 2. The van der Waals surface area contributed by atoms with Crippen molar-refractivity contribution in [2.45, 2.75) is 6.54 Å². The number of nitro groups is 1. The summed E-state index contributed by atoms with van der Waals surface area (Å²) in [5.41, 5.74) is 1.14. The van der Waals surface area contributed by atoms with Crippen LogP contribution in [0.15, 0.2) is 47.6 Å². The van der Waals surface area contributed by atoms with Gasteiger partial charge in [0.15, 0.2) is 5.03 Å². The highest BCUT2D eigenvalue weighted by atomic mass is 16.7. The molecule has 0 radical (unpaired) electrons. The molecule has 6 heteroatoms. The molecule has 102 valence electrons. The molecule has 0 atom stereocenters. The molecule has 1 N–H and O–H groups in total. The summed E-state index contributed by atoms with van der Waals surface area (Å²) in [6.07, 6.45) is 0. The summed E-state index contributed by atoms with van der Waals surface area (Å²) >= 11 is 0. The maximum Gasteiger partial charge on any atom is 0.271 e. The van der Waals surface area contributed by atoms with Crippen LogP contribution in [-0.2, 0) is 6.54 Å². The van der Waals surface area contributed by atoms with Crippen molar-refractivity contribution in [1.82, 2.24) is 10.2 Å². The molecule has 0 aromatic heterocycles. The molecule has 1 heterocycles. The molecule has 20 heavy (non-hydrogen) atoms. The van der Waals surface area contributed by atoms with E-state index in [1.807, 2.05) is 29.2 Å². The van der Waals surface area contributed by atoms with E-state index in [4.69, 9.17) is 0 Å². The summed E-state index contributed by atoms with van der Waals surface area (Å²) in [6.45, 7) is 2.01. The van der Waals surface area contributed by atoms with Crippen LogP contribution < -0.4 is 5.32 Å². The summed E-state index contributed by atoms with van der Waals surface area (Å²) in [7, 11) is 0. The van der Waals surface area contributed by atoms with Gasteiger partial charge in [0.2, 0.25) is 0 Å². The molecular weight excluding hydrogens is 256 g/mol. The summed E-state index contributed by atoms with van der Waals surface area (Å²) in [5, 5.41) is 18.5. The smallest absolute Gasteiger partial charge is 0.271 e. The van der Waals surface area contributed by atoms with Crippen LogP contribution in [0, 0.1) is 10.1 Å². The molecule has 0 spiro atoms. The van der Waals surface area contributed by atoms with E-state index in [0.29, 0.717) is 19.0 Å². The van der Waals surface area contributed by atoms with Crippen molar-refractivity contribution >= 4 is 16.7 Å². The third-order valence-electron chi connectivity index (χ3n) is 3.38. The van der Waals surface area contributed by atoms with Gasteiger partial charge >= 0.3 is 0 Å². The lowest BCUT2D eigenvalue weighted by Gasteiger charge is -2.16. The lowest BCUT2D eigenvalue weighted by Crippen LogP contribution is -2.30. The van der Waals surface area contributed by atoms with Crippen LogP contribution in [0.4, 0.5) is 0 Å². The van der Waals surface area contributed by atoms with E-state index in [-0.39, 0.29) is 0 Å². The Bertz CT molecular complexity index is 678. The highest BCUT2D eigenvalue weighted by Gasteiger charge is 2.21. The number of hydrogen-bond donors (Lipinski definition) is 1. The van der Waals surface area contributed by atoms with Crippen molar-refractivity contribution in [3.05, 3.63) is 58.1 Å². The van der Waals surface area contributed by atoms with Crippen LogP contribution in [-0.4, -0.2) is 29.0 Å². The topological polar surface area (TPSA) is 70.8 Å². The van der Waals surface area contributed by atoms with Gasteiger partial charge < -0.3 is 10.2 Å². The normalized spacial score (nSPS) is 16.6. The maximum atomic E-state index is 10.5. The van der Waals surface area contributed by atoms with Gasteiger partial charge in [-0.2, -0.15) is 0 Å². The third kappa shape index (κ3) is 2.40. The SMILES string of the molecule is O=[N+]([O-])N=C1NCCN1Cc1cccc2ccccc12. The summed E-state index contributed by atoms with van der Waals surface area (Å²) in [4.78, 5) is 12.4. The molecule has 1 saturated heterocycles. The highest BCUT2D eigenvalue weighted by molar-refractivity contribution is 5.86. The zero-order valence-electron chi connectivity index (χ0n) is 10.8. The summed E-state index contributed by atoms with van der Waals surface area (Å²) in [6, 6.07) is 14.2. The van der Waals surface area contributed by atoms with Crippen LogP contribution in [0.3, 0.4) is 0 Å². The van der Waals surface area contributed by atoms with Gasteiger partial charge in [-0.05, 0) is 16.3 Å². The summed E-state index contributed by atoms with van der Waals surface area (Å²) < 4.78 is 0. The second-order valence-electron chi connectivity index (χ2n) is 4.65. The Morgan fingerprint density at radius 2 is 2.05 bits per heavy atom. The van der Waals surface area contributed by atoms with Crippen molar-refractivity contribution in [3.8, 4) is 0 Å². The Labute approximate surface area is 115 Å². The van der Waals surface area contributed by atoms with Crippen LogP contribution >= 0.6 is 0 Å². The van der Waals surface area contributed by atoms with Crippen molar-refractivity contribution < 1.29 is 5.03 Å². The minimum absolute atomic E-state index is 0.336. The lowest BCUT2D eigenvalue weighted by atomic mass is 10.0. The van der Waals surface area contributed by atoms with E-state index >= 15 is 0 Å². The van der Waals surface area contributed by atoms with E-state index in [0.717, 1.165) is 12.1 Å². The first-order valence-corrected chi connectivity index (χ1v) is 6.42. The monoisotopic (exact) mass is 270 g/mol. The van der Waals surface area contributed by atoms with Gasteiger partial charge in [-0.15, -0.1) is 0 Å². The van der Waals surface area contributed by atoms with E-state index in [9.17, 15) is 10.1 Å². The van der Waals surface area contributed by atoms with Crippen molar-refractivity contribution in [2.75, 3.05) is 13.1 Å². The van der Waals surface area contributed by atoms with Gasteiger partial charge in [0.25, 0.3) is 5.96 Å². The third-order valence-corrected chi connectivity index (χ3v) is 3.38. The second-order valence-corrected chi connectivity index (χ2v) is 4.65. The fourth-order valence-corrected chi connectivity index (χ4v) is 2.49. The first-order valence-electron chi connectivity index (χ1n) is 6.42. The molecular formula is C14H14N4O2. The molecule has 6 nitrogen and oxygen atoms in total. The van der Waals surface area contributed by atoms with Crippen LogP contribution in [0.25, 0.3) is 10.8 Å². The Kier molecular flexibility index (Phi) is 3.20. The number of hydrazone groups is 1. The number of guanidine groups is 1. The number of fused-ring (bicyclic) bond motifs is 1. The van der Waals surface area contributed by atoms with Crippen molar-refractivity contribution in [2.24, 2.45) is 5.10 Å². The Morgan fingerprint density at radius 3 is 2.90 bits per heavy atom. The minimum Gasteiger partial charge on any atom is -0.349 e. The lowest BCUT2D eigenvalue weighted by molar-refractivity contribution is -0.485. The first-order chi connectivity index (χ1) is 9.74. The van der Waals surface area contributed by atoms with Crippen molar-refractivity contribution in [1.29, 1.82) is 0 Å². The number of rotatable bonds is 3. The first kappa shape index (κ1) is 12.4. The predicted molar refractivity (Wildman–Crippen MR) is 76.8 cm³/mol. The van der Waals surface area contributed by atoms with Gasteiger partial charge in [-0.25, -0.2) is 10.1 Å². The Morgan fingerprint density at radius 1 is 1.25 bits per heavy atom. The van der Waals surface area contributed by atoms with Gasteiger partial charge in [0.1, 0.15) is 5.10 Å². The zero-order chi connectivity index (χ0) is 13.9. The predicted octanol–water partition coefficient (Wildman–Crippen LogP) is 1.79. The average Bonchev–Trinajstić information content (AvgIpc) is 2.86. The van der Waals surface area contributed by atoms with Crippen LogP contribution in [0.2, 0.25) is 0 Å². The largest absolute Gasteiger partial charge is 0.349 e. The van der Waals surface area contributed by atoms with E-state index in [1.165, 1.54) is 10.8 Å². The van der Waals surface area contributed by atoms with Gasteiger partial charge in [-0.3, -0.25) is 0 Å². The molecule has 0 unspecified atom stereocenters. The second kappa shape index (κ2) is 5.16. The molecule has 0 aliphatic carbocycles. The Hall–Kier alpha value is -2.63. The number of nitrogens with one attached hydrogen (secondary N) is 1. The molecule has 0 bridgehead atoms. The van der Waals surface area contributed by atoms with Crippen LogP contribution in [0.1, 0.15) is 5.56 Å². The quantitative estimate of drug-likeness (QED) is 0.682. The molecule has 1 fully saturated rings. The highest BCUT2D eigenvalue weighted by Crippen LogP contribution is 2.20. The zero-order valence-corrected chi connectivity index (χ0v) is 10.8. The van der Waals surface area contributed by atoms with E-state index in [1.54, 1.807) is 0 Å². The van der Waals surface area contributed by atoms with Gasteiger partial charge in [-0.1, -0.05) is 42.5 Å². The fraction of sp³-hybridized carbons (Fsp3) is 0.214. The molecule has 0 saturated carbocycles. The van der Waals surface area contributed by atoms with Crippen molar-refractivity contribution in [3.63, 3.8) is 0 Å². The summed E-state index contributed by atoms with van der Waals surface area (Å²) in [5.74, 6) is 0.336. The molecule has 0 amide bonds. The van der Waals surface area contributed by atoms with E-state index in [2.05, 4.69) is 28.6 Å². The Balaban J connectivity index is 1.91. The number of benzene rings is 2. The molecule has 3 rings (SSSR count). The van der Waals surface area contributed by atoms with E-state index < -0.39 is 5.03 Å².